The summed E-state index contributed by atoms with van der Waals surface area (Å²) < 4.78 is 0. The molecular weight excluding hydrogens is 348 g/mol. The van der Waals surface area contributed by atoms with Crippen molar-refractivity contribution in [3.8, 4) is 11.1 Å². The summed E-state index contributed by atoms with van der Waals surface area (Å²) in [5.74, 6) is -0.801. The normalized spacial score (nSPS) is 11.6. The lowest BCUT2D eigenvalue weighted by Crippen LogP contribution is -2.44. The van der Waals surface area contributed by atoms with Gasteiger partial charge in [0, 0.05) is 5.56 Å². The van der Waals surface area contributed by atoms with Gasteiger partial charge in [-0.3, -0.25) is 9.59 Å². The van der Waals surface area contributed by atoms with Crippen LogP contribution in [0.25, 0.3) is 11.1 Å². The second kappa shape index (κ2) is 9.51. The van der Waals surface area contributed by atoms with Crippen LogP contribution < -0.4 is 11.1 Å². The highest BCUT2D eigenvalue weighted by Gasteiger charge is 2.18. The maximum atomic E-state index is 12.5. The summed E-state index contributed by atoms with van der Waals surface area (Å²) in [6.07, 6.45) is 2.12. The van der Waals surface area contributed by atoms with Gasteiger partial charge in [0.25, 0.3) is 5.91 Å². The van der Waals surface area contributed by atoms with Crippen LogP contribution >= 0.6 is 0 Å². The minimum atomic E-state index is -0.676. The maximum Gasteiger partial charge on any atom is 0.251 e. The van der Waals surface area contributed by atoms with Gasteiger partial charge in [-0.25, -0.2) is 0 Å². The Balaban J connectivity index is 1.58. The maximum absolute atomic E-state index is 12.5. The molecule has 0 radical (unpaired) electrons. The lowest BCUT2D eigenvalue weighted by atomic mass is 10.0. The Morgan fingerprint density at radius 3 is 1.96 bits per heavy atom. The van der Waals surface area contributed by atoms with E-state index in [4.69, 9.17) is 5.73 Å². The largest absolute Gasteiger partial charge is 0.368 e. The van der Waals surface area contributed by atoms with Gasteiger partial charge in [0.05, 0.1) is 0 Å². The number of aryl methyl sites for hydroxylation is 1. The quantitative estimate of drug-likeness (QED) is 0.628. The summed E-state index contributed by atoms with van der Waals surface area (Å²) >= 11 is 0. The van der Waals surface area contributed by atoms with Crippen molar-refractivity contribution in [1.29, 1.82) is 0 Å². The zero-order valence-corrected chi connectivity index (χ0v) is 15.7. The molecule has 4 heteroatoms. The highest BCUT2D eigenvalue weighted by Crippen LogP contribution is 2.19. The molecule has 0 saturated carbocycles. The molecule has 28 heavy (non-hydrogen) atoms. The Hall–Kier alpha value is -3.40. The van der Waals surface area contributed by atoms with Crippen molar-refractivity contribution in [2.75, 3.05) is 0 Å². The Labute approximate surface area is 165 Å². The van der Waals surface area contributed by atoms with Gasteiger partial charge < -0.3 is 11.1 Å². The number of nitrogens with one attached hydrogen (secondary N) is 1. The summed E-state index contributed by atoms with van der Waals surface area (Å²) in [6, 6.07) is 26.7. The van der Waals surface area contributed by atoms with Crippen molar-refractivity contribution in [2.24, 2.45) is 5.73 Å². The smallest absolute Gasteiger partial charge is 0.251 e. The van der Waals surface area contributed by atoms with E-state index in [0.717, 1.165) is 24.0 Å². The second-order valence-electron chi connectivity index (χ2n) is 6.75. The zero-order valence-electron chi connectivity index (χ0n) is 15.7. The number of carbonyl (C=O) groups is 2. The summed E-state index contributed by atoms with van der Waals surface area (Å²) in [6.45, 7) is 0. The topological polar surface area (TPSA) is 72.2 Å². The van der Waals surface area contributed by atoms with Gasteiger partial charge in [-0.1, -0.05) is 72.8 Å². The van der Waals surface area contributed by atoms with Crippen LogP contribution in [0.4, 0.5) is 0 Å². The summed E-state index contributed by atoms with van der Waals surface area (Å²) in [5.41, 5.74) is 9.32. The van der Waals surface area contributed by atoms with Crippen molar-refractivity contribution in [2.45, 2.75) is 25.3 Å². The molecule has 0 heterocycles. The van der Waals surface area contributed by atoms with Gasteiger partial charge >= 0.3 is 0 Å². The van der Waals surface area contributed by atoms with Crippen LogP contribution in [0.1, 0.15) is 28.8 Å². The van der Waals surface area contributed by atoms with E-state index in [1.165, 1.54) is 5.56 Å². The predicted octanol–water partition coefficient (Wildman–Crippen LogP) is 3.96. The molecule has 2 amide bonds. The summed E-state index contributed by atoms with van der Waals surface area (Å²) in [5, 5.41) is 2.76. The average Bonchev–Trinajstić information content (AvgIpc) is 2.74. The third kappa shape index (κ3) is 5.30. The van der Waals surface area contributed by atoms with E-state index >= 15 is 0 Å². The standard InChI is InChI=1S/C24H24N2O2/c25-23(27)22(13-7-10-18-8-3-1-4-9-18)26-24(28)21-16-14-20(15-17-21)19-11-5-2-6-12-19/h1-6,8-9,11-12,14-17,22H,7,10,13H2,(H2,25,27)(H,26,28)/t22-/m1/s1. The van der Waals surface area contributed by atoms with E-state index in [2.05, 4.69) is 5.32 Å². The number of benzene rings is 3. The molecule has 0 bridgehead atoms. The van der Waals surface area contributed by atoms with Crippen molar-refractivity contribution in [1.82, 2.24) is 5.32 Å². The Bertz CT molecular complexity index is 906. The lowest BCUT2D eigenvalue weighted by Gasteiger charge is -2.15. The highest BCUT2D eigenvalue weighted by molar-refractivity contribution is 5.97. The fraction of sp³-hybridized carbons (Fsp3) is 0.167. The molecule has 3 rings (SSSR count). The molecule has 1 atom stereocenters. The van der Waals surface area contributed by atoms with Gasteiger partial charge in [0.15, 0.2) is 0 Å². The van der Waals surface area contributed by atoms with Crippen LogP contribution in [-0.4, -0.2) is 17.9 Å². The Morgan fingerprint density at radius 2 is 1.36 bits per heavy atom. The third-order valence-corrected chi connectivity index (χ3v) is 4.70. The Kier molecular flexibility index (Phi) is 6.58. The molecule has 0 aromatic heterocycles. The van der Waals surface area contributed by atoms with Crippen molar-refractivity contribution in [3.05, 3.63) is 96.1 Å². The first-order chi connectivity index (χ1) is 13.6. The first kappa shape index (κ1) is 19.4. The number of rotatable bonds is 8. The zero-order chi connectivity index (χ0) is 19.8. The number of primary amides is 1. The average molecular weight is 372 g/mol. The first-order valence-corrected chi connectivity index (χ1v) is 9.43. The van der Waals surface area contributed by atoms with Crippen LogP contribution in [0.2, 0.25) is 0 Å². The highest BCUT2D eigenvalue weighted by atomic mass is 16.2. The molecule has 3 aromatic carbocycles. The van der Waals surface area contributed by atoms with Gasteiger partial charge in [-0.15, -0.1) is 0 Å². The van der Waals surface area contributed by atoms with E-state index in [1.807, 2.05) is 72.8 Å². The van der Waals surface area contributed by atoms with E-state index in [1.54, 1.807) is 12.1 Å². The van der Waals surface area contributed by atoms with E-state index < -0.39 is 11.9 Å². The predicted molar refractivity (Wildman–Crippen MR) is 112 cm³/mol. The fourth-order valence-electron chi connectivity index (χ4n) is 3.13. The molecule has 0 spiro atoms. The molecule has 4 nitrogen and oxygen atoms in total. The second-order valence-corrected chi connectivity index (χ2v) is 6.75. The van der Waals surface area contributed by atoms with Gasteiger partial charge in [0.2, 0.25) is 5.91 Å². The SMILES string of the molecule is NC(=O)[C@@H](CCCc1ccccc1)NC(=O)c1ccc(-c2ccccc2)cc1. The van der Waals surface area contributed by atoms with Crippen LogP contribution in [0.5, 0.6) is 0 Å². The van der Waals surface area contributed by atoms with Crippen molar-refractivity contribution in [3.63, 3.8) is 0 Å². The summed E-state index contributed by atoms with van der Waals surface area (Å²) in [4.78, 5) is 24.3. The monoisotopic (exact) mass is 372 g/mol. The Morgan fingerprint density at radius 1 is 0.786 bits per heavy atom. The first-order valence-electron chi connectivity index (χ1n) is 9.43. The molecule has 3 N–H and O–H groups in total. The minimum absolute atomic E-state index is 0.289. The number of hydrogen-bond donors (Lipinski definition) is 2. The van der Waals surface area contributed by atoms with Crippen LogP contribution in [0.3, 0.4) is 0 Å². The van der Waals surface area contributed by atoms with Crippen molar-refractivity contribution < 1.29 is 9.59 Å². The number of amides is 2. The minimum Gasteiger partial charge on any atom is -0.368 e. The van der Waals surface area contributed by atoms with Crippen LogP contribution in [0.15, 0.2) is 84.9 Å². The van der Waals surface area contributed by atoms with Crippen LogP contribution in [-0.2, 0) is 11.2 Å². The molecule has 0 unspecified atom stereocenters. The molecule has 0 fully saturated rings. The molecule has 3 aromatic rings. The van der Waals surface area contributed by atoms with Crippen LogP contribution in [0, 0.1) is 0 Å². The molecule has 0 aliphatic heterocycles. The number of carbonyl (C=O) groups excluding carboxylic acids is 2. The molecule has 0 aliphatic carbocycles. The summed E-state index contributed by atoms with van der Waals surface area (Å²) in [7, 11) is 0. The van der Waals surface area contributed by atoms with E-state index in [-0.39, 0.29) is 5.91 Å². The molecule has 142 valence electrons. The lowest BCUT2D eigenvalue weighted by molar-refractivity contribution is -0.120. The molecule has 0 saturated heterocycles. The molecular formula is C24H24N2O2. The van der Waals surface area contributed by atoms with E-state index in [9.17, 15) is 9.59 Å². The number of nitrogens with two attached hydrogens (primary N) is 1. The van der Waals surface area contributed by atoms with E-state index in [0.29, 0.717) is 12.0 Å². The van der Waals surface area contributed by atoms with Gasteiger partial charge in [0.1, 0.15) is 6.04 Å². The number of hydrogen-bond acceptors (Lipinski definition) is 2. The van der Waals surface area contributed by atoms with Gasteiger partial charge in [-0.2, -0.15) is 0 Å². The third-order valence-electron chi connectivity index (χ3n) is 4.70. The molecule has 0 aliphatic rings. The van der Waals surface area contributed by atoms with Crippen molar-refractivity contribution >= 4 is 11.8 Å². The fourth-order valence-corrected chi connectivity index (χ4v) is 3.13. The van der Waals surface area contributed by atoms with Gasteiger partial charge in [-0.05, 0) is 48.1 Å².